The Bertz CT molecular complexity index is 1040. The summed E-state index contributed by atoms with van der Waals surface area (Å²) < 4.78 is 15.5. The third-order valence-electron chi connectivity index (χ3n) is 4.19. The molecule has 1 amide bonds. The predicted molar refractivity (Wildman–Crippen MR) is 103 cm³/mol. The third-order valence-corrected chi connectivity index (χ3v) is 4.19. The first-order valence-electron chi connectivity index (χ1n) is 8.66. The monoisotopic (exact) mass is 398 g/mol. The Labute approximate surface area is 165 Å². The van der Waals surface area contributed by atoms with Crippen LogP contribution in [0.3, 0.4) is 0 Å². The number of esters is 1. The maximum absolute atomic E-state index is 12.1. The lowest BCUT2D eigenvalue weighted by Crippen LogP contribution is -2.31. The molecule has 2 aromatic carbocycles. The second kappa shape index (κ2) is 8.42. The molecule has 0 aliphatic heterocycles. The molecule has 0 spiro atoms. The fraction of sp³-hybridized carbons (Fsp3) is 0.200. The van der Waals surface area contributed by atoms with Crippen LogP contribution in [0, 0.1) is 10.1 Å². The highest BCUT2D eigenvalue weighted by molar-refractivity contribution is 5.92. The second-order valence-corrected chi connectivity index (χ2v) is 6.20. The summed E-state index contributed by atoms with van der Waals surface area (Å²) in [4.78, 5) is 34.6. The van der Waals surface area contributed by atoms with Crippen molar-refractivity contribution in [2.45, 2.75) is 13.0 Å². The van der Waals surface area contributed by atoms with Gasteiger partial charge in [-0.2, -0.15) is 0 Å². The fourth-order valence-corrected chi connectivity index (χ4v) is 2.74. The SMILES string of the molecule is COc1ccc(C(=O)OCC(=O)N[C@H](C)c2cc3ccccc3o2)cc1[N+](=O)[O-]. The van der Waals surface area contributed by atoms with Gasteiger partial charge < -0.3 is 19.2 Å². The number of benzene rings is 2. The minimum atomic E-state index is -0.859. The van der Waals surface area contributed by atoms with Gasteiger partial charge in [0.2, 0.25) is 0 Å². The Kier molecular flexibility index (Phi) is 5.77. The number of amides is 1. The summed E-state index contributed by atoms with van der Waals surface area (Å²) in [5.74, 6) is -0.808. The smallest absolute Gasteiger partial charge is 0.338 e. The van der Waals surface area contributed by atoms with E-state index in [0.29, 0.717) is 11.3 Å². The minimum Gasteiger partial charge on any atom is -0.490 e. The average molecular weight is 398 g/mol. The molecule has 9 heteroatoms. The number of hydrogen-bond donors (Lipinski definition) is 1. The van der Waals surface area contributed by atoms with Gasteiger partial charge in [0.05, 0.1) is 23.6 Å². The molecule has 1 atom stereocenters. The van der Waals surface area contributed by atoms with Gasteiger partial charge in [-0.3, -0.25) is 14.9 Å². The summed E-state index contributed by atoms with van der Waals surface area (Å²) in [5, 5.41) is 14.6. The average Bonchev–Trinajstić information content (AvgIpc) is 3.16. The first kappa shape index (κ1) is 19.9. The molecule has 9 nitrogen and oxygen atoms in total. The lowest BCUT2D eigenvalue weighted by atomic mass is 10.2. The van der Waals surface area contributed by atoms with E-state index in [1.807, 2.05) is 30.3 Å². The van der Waals surface area contributed by atoms with Crippen molar-refractivity contribution in [3.63, 3.8) is 0 Å². The highest BCUT2D eigenvalue weighted by Gasteiger charge is 2.20. The van der Waals surface area contributed by atoms with E-state index in [-0.39, 0.29) is 17.0 Å². The van der Waals surface area contributed by atoms with Gasteiger partial charge >= 0.3 is 11.7 Å². The van der Waals surface area contributed by atoms with E-state index in [9.17, 15) is 19.7 Å². The van der Waals surface area contributed by atoms with Crippen LogP contribution in [0.5, 0.6) is 5.75 Å². The molecule has 0 saturated heterocycles. The topological polar surface area (TPSA) is 121 Å². The molecule has 0 aliphatic rings. The van der Waals surface area contributed by atoms with Crippen LogP contribution in [0.4, 0.5) is 5.69 Å². The van der Waals surface area contributed by atoms with Gasteiger partial charge in [0.25, 0.3) is 5.91 Å². The normalized spacial score (nSPS) is 11.7. The Hall–Kier alpha value is -3.88. The maximum atomic E-state index is 12.1. The van der Waals surface area contributed by atoms with Crippen LogP contribution in [-0.4, -0.2) is 30.5 Å². The number of nitrogens with one attached hydrogen (secondary N) is 1. The Morgan fingerprint density at radius 1 is 1.21 bits per heavy atom. The van der Waals surface area contributed by atoms with Crippen molar-refractivity contribution < 1.29 is 28.4 Å². The molecular weight excluding hydrogens is 380 g/mol. The van der Waals surface area contributed by atoms with Crippen LogP contribution in [0.25, 0.3) is 11.0 Å². The number of rotatable bonds is 7. The van der Waals surface area contributed by atoms with Crippen molar-refractivity contribution in [1.82, 2.24) is 5.32 Å². The number of carbonyl (C=O) groups is 2. The van der Waals surface area contributed by atoms with E-state index in [2.05, 4.69) is 5.32 Å². The summed E-state index contributed by atoms with van der Waals surface area (Å²) in [6, 6.07) is 12.5. The lowest BCUT2D eigenvalue weighted by molar-refractivity contribution is -0.385. The van der Waals surface area contributed by atoms with Gasteiger partial charge in [0.1, 0.15) is 11.3 Å². The van der Waals surface area contributed by atoms with Crippen molar-refractivity contribution in [2.24, 2.45) is 0 Å². The van der Waals surface area contributed by atoms with Gasteiger partial charge in [-0.1, -0.05) is 18.2 Å². The molecule has 0 radical (unpaired) electrons. The van der Waals surface area contributed by atoms with Crippen LogP contribution in [-0.2, 0) is 9.53 Å². The number of hydrogen-bond acceptors (Lipinski definition) is 7. The molecule has 1 heterocycles. The quantitative estimate of drug-likeness (QED) is 0.368. The summed E-state index contributed by atoms with van der Waals surface area (Å²) in [6.07, 6.45) is 0. The predicted octanol–water partition coefficient (Wildman–Crippen LogP) is 3.38. The first-order valence-corrected chi connectivity index (χ1v) is 8.66. The number of ether oxygens (including phenoxy) is 2. The maximum Gasteiger partial charge on any atom is 0.338 e. The van der Waals surface area contributed by atoms with Crippen LogP contribution in [0.1, 0.15) is 29.1 Å². The third kappa shape index (κ3) is 4.52. The number of methoxy groups -OCH3 is 1. The number of nitro benzene ring substituents is 1. The molecule has 150 valence electrons. The van der Waals surface area contributed by atoms with Gasteiger partial charge in [0, 0.05) is 11.5 Å². The van der Waals surface area contributed by atoms with E-state index >= 15 is 0 Å². The molecule has 0 bridgehead atoms. The van der Waals surface area contributed by atoms with Gasteiger partial charge in [0.15, 0.2) is 12.4 Å². The first-order chi connectivity index (χ1) is 13.9. The highest BCUT2D eigenvalue weighted by Crippen LogP contribution is 2.28. The molecule has 0 unspecified atom stereocenters. The number of furan rings is 1. The molecule has 1 N–H and O–H groups in total. The largest absolute Gasteiger partial charge is 0.490 e. The van der Waals surface area contributed by atoms with Gasteiger partial charge in [-0.15, -0.1) is 0 Å². The minimum absolute atomic E-state index is 0.0175. The number of fused-ring (bicyclic) bond motifs is 1. The van der Waals surface area contributed by atoms with Gasteiger partial charge in [-0.05, 0) is 31.2 Å². The number of carbonyl (C=O) groups excluding carboxylic acids is 2. The van der Waals surface area contributed by atoms with E-state index in [4.69, 9.17) is 13.9 Å². The van der Waals surface area contributed by atoms with E-state index in [1.165, 1.54) is 19.2 Å². The van der Waals surface area contributed by atoms with Crippen LogP contribution >= 0.6 is 0 Å². The Balaban J connectivity index is 1.59. The number of para-hydroxylation sites is 1. The zero-order valence-electron chi connectivity index (χ0n) is 15.7. The van der Waals surface area contributed by atoms with Crippen LogP contribution < -0.4 is 10.1 Å². The van der Waals surface area contributed by atoms with Crippen molar-refractivity contribution in [3.05, 3.63) is 70.0 Å². The summed E-state index contributed by atoms with van der Waals surface area (Å²) in [6.45, 7) is 1.20. The molecule has 29 heavy (non-hydrogen) atoms. The van der Waals surface area contributed by atoms with Crippen molar-refractivity contribution in [2.75, 3.05) is 13.7 Å². The summed E-state index contributed by atoms with van der Waals surface area (Å²) >= 11 is 0. The lowest BCUT2D eigenvalue weighted by Gasteiger charge is -2.11. The Morgan fingerprint density at radius 3 is 2.66 bits per heavy atom. The number of nitrogens with zero attached hydrogens (tertiary/aromatic N) is 1. The fourth-order valence-electron chi connectivity index (χ4n) is 2.74. The summed E-state index contributed by atoms with van der Waals surface area (Å²) in [7, 11) is 1.29. The highest BCUT2D eigenvalue weighted by atomic mass is 16.6. The van der Waals surface area contributed by atoms with E-state index in [0.717, 1.165) is 11.5 Å². The van der Waals surface area contributed by atoms with E-state index < -0.39 is 29.4 Å². The van der Waals surface area contributed by atoms with Crippen molar-refractivity contribution in [3.8, 4) is 5.75 Å². The Morgan fingerprint density at radius 2 is 1.97 bits per heavy atom. The van der Waals surface area contributed by atoms with Crippen molar-refractivity contribution in [1.29, 1.82) is 0 Å². The van der Waals surface area contributed by atoms with Gasteiger partial charge in [-0.25, -0.2) is 4.79 Å². The van der Waals surface area contributed by atoms with Crippen LogP contribution in [0.2, 0.25) is 0 Å². The molecule has 0 fully saturated rings. The van der Waals surface area contributed by atoms with E-state index in [1.54, 1.807) is 6.92 Å². The standard InChI is InChI=1S/C20H18N2O7/c1-12(18-10-13-5-3-4-6-16(13)29-18)21-19(23)11-28-20(24)14-7-8-17(27-2)15(9-14)22(25)26/h3-10,12H,11H2,1-2H3,(H,21,23)/t12-/m1/s1. The molecule has 3 aromatic rings. The molecule has 1 aromatic heterocycles. The summed E-state index contributed by atoms with van der Waals surface area (Å²) in [5.41, 5.74) is 0.275. The molecule has 0 aliphatic carbocycles. The van der Waals surface area contributed by atoms with Crippen LogP contribution in [0.15, 0.2) is 52.9 Å². The second-order valence-electron chi connectivity index (χ2n) is 6.20. The molecule has 3 rings (SSSR count). The zero-order chi connectivity index (χ0) is 21.0. The molecular formula is C20H18N2O7. The zero-order valence-corrected chi connectivity index (χ0v) is 15.7. The van der Waals surface area contributed by atoms with Crippen molar-refractivity contribution >= 4 is 28.5 Å². The number of nitro groups is 1. The molecule has 0 saturated carbocycles.